The van der Waals surface area contributed by atoms with E-state index in [1.807, 2.05) is 0 Å². The van der Waals surface area contributed by atoms with E-state index in [2.05, 4.69) is 10.4 Å². The number of Topliss-reactive ketones (excluding diaryl/α,β-unsaturated/α-hetero) is 1. The Morgan fingerprint density at radius 1 is 1.00 bits per heavy atom. The molecule has 0 spiro atoms. The molecule has 3 aromatic carbocycles. The van der Waals surface area contributed by atoms with Gasteiger partial charge in [0.25, 0.3) is 0 Å². The Balaban J connectivity index is 1.37. The number of nitrogens with zero attached hydrogens (tertiary/aromatic N) is 2. The van der Waals surface area contributed by atoms with Crippen LogP contribution in [0.3, 0.4) is 0 Å². The highest BCUT2D eigenvalue weighted by atomic mass is 35.5. The number of hydrogen-bond acceptors (Lipinski definition) is 3. The molecule has 4 aromatic rings. The van der Waals surface area contributed by atoms with Gasteiger partial charge < -0.3 is 5.32 Å². The van der Waals surface area contributed by atoms with Crippen molar-refractivity contribution in [1.29, 1.82) is 0 Å². The highest BCUT2D eigenvalue weighted by Crippen LogP contribution is 2.65. The van der Waals surface area contributed by atoms with E-state index < -0.39 is 39.6 Å². The Bertz CT molecular complexity index is 1670. The molecule has 1 aliphatic rings. The molecule has 1 saturated carbocycles. The summed E-state index contributed by atoms with van der Waals surface area (Å²) in [6.07, 6.45) is -4.87. The molecule has 1 amide bonds. The van der Waals surface area contributed by atoms with Crippen LogP contribution in [0, 0.1) is 5.92 Å². The first-order chi connectivity index (χ1) is 18.7. The van der Waals surface area contributed by atoms with Gasteiger partial charge in [-0.25, -0.2) is 0 Å². The van der Waals surface area contributed by atoms with Crippen LogP contribution in [-0.4, -0.2) is 25.8 Å². The van der Waals surface area contributed by atoms with Gasteiger partial charge in [0.05, 0.1) is 34.1 Å². The molecule has 208 valence electrons. The number of carbonyl (C=O) groups excluding carboxylic acids is 2. The lowest BCUT2D eigenvalue weighted by Gasteiger charge is -2.09. The molecule has 1 N–H and O–H groups in total. The third-order valence-electron chi connectivity index (χ3n) is 6.70. The lowest BCUT2D eigenvalue weighted by atomic mass is 10.0. The fraction of sp³-hybridized carbons (Fsp3) is 0.222. The van der Waals surface area contributed by atoms with Crippen molar-refractivity contribution in [3.8, 4) is 0 Å². The topological polar surface area (TPSA) is 64.0 Å². The quantitative estimate of drug-likeness (QED) is 0.168. The van der Waals surface area contributed by atoms with Crippen molar-refractivity contribution in [2.24, 2.45) is 13.0 Å². The van der Waals surface area contributed by atoms with Crippen LogP contribution in [-0.2, 0) is 24.4 Å². The lowest BCUT2D eigenvalue weighted by molar-refractivity contribution is -0.137. The number of aryl methyl sites for hydroxylation is 1. The summed E-state index contributed by atoms with van der Waals surface area (Å²) >= 11 is 31.3. The fourth-order valence-electron chi connectivity index (χ4n) is 4.75. The summed E-state index contributed by atoms with van der Waals surface area (Å²) in [5, 5.41) is 7.99. The number of amides is 1. The summed E-state index contributed by atoms with van der Waals surface area (Å²) in [5.74, 6) is -2.40. The smallest absolute Gasteiger partial charge is 0.326 e. The van der Waals surface area contributed by atoms with Crippen LogP contribution in [0.15, 0.2) is 54.6 Å². The SMILES string of the molecule is Cn1nc(CC(=O)c2cc(NC(=O)C3C(c4cc(Cl)cc(Cl)c4)C3(Cl)Cl)ccc2Cl)c2cc(C(F)(F)F)ccc21. The Hall–Kier alpha value is -2.49. The minimum Gasteiger partial charge on any atom is -0.326 e. The molecule has 5 nitrogen and oxygen atoms in total. The number of rotatable bonds is 6. The zero-order chi connectivity index (χ0) is 29.1. The zero-order valence-electron chi connectivity index (χ0n) is 20.3. The van der Waals surface area contributed by atoms with Crippen molar-refractivity contribution in [2.75, 3.05) is 5.32 Å². The first-order valence-electron chi connectivity index (χ1n) is 11.7. The molecular formula is C27H17Cl5F3N3O2. The predicted octanol–water partition coefficient (Wildman–Crippen LogP) is 8.50. The van der Waals surface area contributed by atoms with Crippen molar-refractivity contribution in [2.45, 2.75) is 22.8 Å². The van der Waals surface area contributed by atoms with Gasteiger partial charge in [0.15, 0.2) is 5.78 Å². The van der Waals surface area contributed by atoms with Crippen LogP contribution >= 0.6 is 58.0 Å². The van der Waals surface area contributed by atoms with Crippen LogP contribution < -0.4 is 5.32 Å². The van der Waals surface area contributed by atoms with Gasteiger partial charge in [0.2, 0.25) is 5.91 Å². The van der Waals surface area contributed by atoms with E-state index in [0.717, 1.165) is 12.1 Å². The van der Waals surface area contributed by atoms with E-state index >= 15 is 0 Å². The molecule has 1 fully saturated rings. The van der Waals surface area contributed by atoms with Crippen LogP contribution in [0.5, 0.6) is 0 Å². The van der Waals surface area contributed by atoms with Crippen LogP contribution in [0.1, 0.15) is 33.1 Å². The van der Waals surface area contributed by atoms with Gasteiger partial charge in [0.1, 0.15) is 4.33 Å². The number of nitrogens with one attached hydrogen (secondary N) is 1. The van der Waals surface area contributed by atoms with E-state index in [-0.39, 0.29) is 33.8 Å². The molecule has 40 heavy (non-hydrogen) atoms. The number of ketones is 1. The molecule has 2 atom stereocenters. The molecular weight excluding hydrogens is 633 g/mol. The molecule has 1 heterocycles. The number of alkyl halides is 5. The average molecular weight is 650 g/mol. The van der Waals surface area contributed by atoms with Gasteiger partial charge in [-0.1, -0.05) is 34.8 Å². The van der Waals surface area contributed by atoms with Crippen molar-refractivity contribution >= 4 is 86.3 Å². The second kappa shape index (κ2) is 10.4. The Labute approximate surface area is 251 Å². The molecule has 0 saturated heterocycles. The molecule has 1 aliphatic carbocycles. The Morgan fingerprint density at radius 2 is 1.68 bits per heavy atom. The Morgan fingerprint density at radius 3 is 2.33 bits per heavy atom. The molecule has 5 rings (SSSR count). The first kappa shape index (κ1) is 29.0. The average Bonchev–Trinajstić information content (AvgIpc) is 3.31. The summed E-state index contributed by atoms with van der Waals surface area (Å²) < 4.78 is 39.8. The summed E-state index contributed by atoms with van der Waals surface area (Å²) in [4.78, 5) is 26.3. The Kier molecular flexibility index (Phi) is 7.55. The highest BCUT2D eigenvalue weighted by Gasteiger charge is 2.67. The van der Waals surface area contributed by atoms with Crippen LogP contribution in [0.4, 0.5) is 18.9 Å². The largest absolute Gasteiger partial charge is 0.416 e. The summed E-state index contributed by atoms with van der Waals surface area (Å²) in [6.45, 7) is 0. The number of aromatic nitrogens is 2. The number of fused-ring (bicyclic) bond motifs is 1. The number of benzene rings is 3. The minimum atomic E-state index is -4.55. The normalized spacial score (nSPS) is 18.1. The number of carbonyl (C=O) groups is 2. The second-order valence-corrected chi connectivity index (χ2v) is 12.1. The molecule has 0 aliphatic heterocycles. The first-order valence-corrected chi connectivity index (χ1v) is 13.6. The maximum Gasteiger partial charge on any atom is 0.416 e. The van der Waals surface area contributed by atoms with E-state index in [9.17, 15) is 22.8 Å². The van der Waals surface area contributed by atoms with E-state index in [1.165, 1.54) is 28.9 Å². The maximum atomic E-state index is 13.3. The van der Waals surface area contributed by atoms with Gasteiger partial charge >= 0.3 is 6.18 Å². The molecule has 2 unspecified atom stereocenters. The molecule has 0 bridgehead atoms. The van der Waals surface area contributed by atoms with E-state index in [4.69, 9.17) is 58.0 Å². The standard InChI is InChI=1S/C27H17Cl5F3N3O2/c1-38-21-5-2-13(27(33,34)35)8-18(21)20(37-38)11-22(39)17-10-16(3-4-19(17)30)36-25(40)24-23(26(24,31)32)12-6-14(28)9-15(29)7-12/h2-10,23-24H,11H2,1H3,(H,36,40). The van der Waals surface area contributed by atoms with Gasteiger partial charge in [-0.3, -0.25) is 14.3 Å². The molecule has 13 heteroatoms. The lowest BCUT2D eigenvalue weighted by Crippen LogP contribution is -2.17. The van der Waals surface area contributed by atoms with Crippen LogP contribution in [0.2, 0.25) is 15.1 Å². The second-order valence-electron chi connectivity index (χ2n) is 9.42. The summed E-state index contributed by atoms with van der Waals surface area (Å²) in [5.41, 5.74) is 0.662. The van der Waals surface area contributed by atoms with Crippen molar-refractivity contribution in [3.63, 3.8) is 0 Å². The highest BCUT2D eigenvalue weighted by molar-refractivity contribution is 6.53. The third kappa shape index (κ3) is 5.52. The number of anilines is 1. The minimum absolute atomic E-state index is 0.0576. The molecule has 0 radical (unpaired) electrons. The van der Waals surface area contributed by atoms with Gasteiger partial charge in [-0.15, -0.1) is 23.2 Å². The van der Waals surface area contributed by atoms with Crippen molar-refractivity contribution < 1.29 is 22.8 Å². The van der Waals surface area contributed by atoms with E-state index in [1.54, 1.807) is 25.2 Å². The molecule has 1 aromatic heterocycles. The van der Waals surface area contributed by atoms with Crippen molar-refractivity contribution in [3.05, 3.63) is 92.0 Å². The zero-order valence-corrected chi connectivity index (χ0v) is 24.1. The number of halogens is 8. The van der Waals surface area contributed by atoms with Crippen LogP contribution in [0.25, 0.3) is 10.9 Å². The monoisotopic (exact) mass is 647 g/mol. The summed E-state index contributed by atoms with van der Waals surface area (Å²) in [7, 11) is 1.57. The van der Waals surface area contributed by atoms with Gasteiger partial charge in [-0.05, 0) is 60.2 Å². The fourth-order valence-corrected chi connectivity index (χ4v) is 6.35. The van der Waals surface area contributed by atoms with Gasteiger partial charge in [-0.2, -0.15) is 18.3 Å². The van der Waals surface area contributed by atoms with Gasteiger partial charge in [0, 0.05) is 39.6 Å². The van der Waals surface area contributed by atoms with Crippen molar-refractivity contribution in [1.82, 2.24) is 9.78 Å². The summed E-state index contributed by atoms with van der Waals surface area (Å²) in [6, 6.07) is 12.3. The maximum absolute atomic E-state index is 13.3. The predicted molar refractivity (Wildman–Crippen MR) is 151 cm³/mol. The van der Waals surface area contributed by atoms with E-state index in [0.29, 0.717) is 21.1 Å². The number of hydrogen-bond donors (Lipinski definition) is 1. The third-order valence-corrected chi connectivity index (χ3v) is 8.40.